The number of carbonyl (C=O) groups is 1. The number of halogens is 2. The second-order valence-corrected chi connectivity index (χ2v) is 5.71. The van der Waals surface area contributed by atoms with Crippen LogP contribution in [-0.4, -0.2) is 27.6 Å². The molecular weight excluding hydrogens is 280 g/mol. The number of esters is 1. The van der Waals surface area contributed by atoms with Crippen LogP contribution in [0.1, 0.15) is 68.7 Å². The van der Waals surface area contributed by atoms with Crippen molar-refractivity contribution in [2.45, 2.75) is 52.5 Å². The lowest BCUT2D eigenvalue weighted by Crippen LogP contribution is -2.25. The number of aromatic nitrogens is 3. The van der Waals surface area contributed by atoms with E-state index in [9.17, 15) is 13.6 Å². The van der Waals surface area contributed by atoms with E-state index in [1.165, 1.54) is 4.68 Å². The Kier molecular flexibility index (Phi) is 4.90. The van der Waals surface area contributed by atoms with Crippen molar-refractivity contribution >= 4 is 5.97 Å². The molecule has 0 saturated heterocycles. The first-order valence-corrected chi connectivity index (χ1v) is 7.36. The van der Waals surface area contributed by atoms with E-state index in [1.54, 1.807) is 6.92 Å². The first kappa shape index (κ1) is 15.9. The Bertz CT molecular complexity index is 504. The van der Waals surface area contributed by atoms with Gasteiger partial charge in [-0.1, -0.05) is 19.1 Å². The number of alkyl halides is 2. The second-order valence-electron chi connectivity index (χ2n) is 5.71. The molecule has 1 fully saturated rings. The molecule has 1 aliphatic carbocycles. The van der Waals surface area contributed by atoms with Crippen LogP contribution in [0.15, 0.2) is 0 Å². The van der Waals surface area contributed by atoms with Gasteiger partial charge in [0.05, 0.1) is 12.6 Å². The fourth-order valence-electron chi connectivity index (χ4n) is 2.86. The summed E-state index contributed by atoms with van der Waals surface area (Å²) < 4.78 is 32.7. The Morgan fingerprint density at radius 1 is 1.38 bits per heavy atom. The third-order valence-electron chi connectivity index (χ3n) is 4.32. The largest absolute Gasteiger partial charge is 0.461 e. The van der Waals surface area contributed by atoms with Gasteiger partial charge in [0, 0.05) is 0 Å². The summed E-state index contributed by atoms with van der Waals surface area (Å²) in [6.07, 6.45) is -0.291. The van der Waals surface area contributed by atoms with Crippen molar-refractivity contribution in [1.82, 2.24) is 15.0 Å². The van der Waals surface area contributed by atoms with Gasteiger partial charge in [0.15, 0.2) is 5.69 Å². The summed E-state index contributed by atoms with van der Waals surface area (Å²) in [5, 5.41) is 7.44. The van der Waals surface area contributed by atoms with E-state index < -0.39 is 18.1 Å². The van der Waals surface area contributed by atoms with Gasteiger partial charge in [0.1, 0.15) is 5.69 Å². The monoisotopic (exact) mass is 301 g/mol. The molecular formula is C14H21F2N3O2. The van der Waals surface area contributed by atoms with Gasteiger partial charge < -0.3 is 4.74 Å². The van der Waals surface area contributed by atoms with Gasteiger partial charge in [-0.25, -0.2) is 18.3 Å². The van der Waals surface area contributed by atoms with E-state index >= 15 is 0 Å². The molecule has 5 nitrogen and oxygen atoms in total. The molecule has 0 amide bonds. The third-order valence-corrected chi connectivity index (χ3v) is 4.32. The number of rotatable bonds is 4. The van der Waals surface area contributed by atoms with E-state index in [-0.39, 0.29) is 18.3 Å². The number of hydrogen-bond acceptors (Lipinski definition) is 4. The summed E-state index contributed by atoms with van der Waals surface area (Å²) in [6, 6.07) is -0.129. The van der Waals surface area contributed by atoms with E-state index in [0.717, 1.165) is 19.3 Å². The highest BCUT2D eigenvalue weighted by Crippen LogP contribution is 2.38. The first-order valence-electron chi connectivity index (χ1n) is 7.36. The zero-order valence-electron chi connectivity index (χ0n) is 12.6. The molecule has 1 saturated carbocycles. The Hall–Kier alpha value is -1.53. The molecule has 21 heavy (non-hydrogen) atoms. The first-order chi connectivity index (χ1) is 9.95. The molecule has 3 unspecified atom stereocenters. The highest BCUT2D eigenvalue weighted by Gasteiger charge is 2.33. The van der Waals surface area contributed by atoms with Crippen molar-refractivity contribution in [2.75, 3.05) is 6.61 Å². The molecule has 7 heteroatoms. The maximum Gasteiger partial charge on any atom is 0.361 e. The zero-order valence-corrected chi connectivity index (χ0v) is 12.6. The van der Waals surface area contributed by atoms with Crippen LogP contribution in [0, 0.1) is 11.8 Å². The van der Waals surface area contributed by atoms with E-state index in [4.69, 9.17) is 4.74 Å². The van der Waals surface area contributed by atoms with Crippen LogP contribution in [-0.2, 0) is 4.74 Å². The van der Waals surface area contributed by atoms with E-state index in [1.807, 2.05) is 0 Å². The van der Waals surface area contributed by atoms with Gasteiger partial charge in [-0.3, -0.25) is 0 Å². The molecule has 1 aromatic rings. The predicted molar refractivity (Wildman–Crippen MR) is 72.2 cm³/mol. The molecule has 1 aliphatic rings. The average Bonchev–Trinajstić information content (AvgIpc) is 2.87. The van der Waals surface area contributed by atoms with Gasteiger partial charge in [0.25, 0.3) is 6.43 Å². The number of hydrogen-bond donors (Lipinski definition) is 0. The van der Waals surface area contributed by atoms with Crippen molar-refractivity contribution in [2.24, 2.45) is 11.8 Å². The molecule has 1 aromatic heterocycles. The highest BCUT2D eigenvalue weighted by atomic mass is 19.3. The molecule has 1 heterocycles. The number of nitrogens with zero attached hydrogens (tertiary/aromatic N) is 3. The lowest BCUT2D eigenvalue weighted by molar-refractivity contribution is 0.0505. The fraction of sp³-hybridized carbons (Fsp3) is 0.786. The van der Waals surface area contributed by atoms with E-state index in [2.05, 4.69) is 24.2 Å². The van der Waals surface area contributed by atoms with Crippen molar-refractivity contribution in [3.63, 3.8) is 0 Å². The summed E-state index contributed by atoms with van der Waals surface area (Å²) in [5.41, 5.74) is -0.779. The van der Waals surface area contributed by atoms with Gasteiger partial charge in [0.2, 0.25) is 0 Å². The maximum absolute atomic E-state index is 13.3. The molecule has 0 aliphatic heterocycles. The third kappa shape index (κ3) is 3.22. The number of carbonyl (C=O) groups excluding carboxylic acids is 1. The predicted octanol–water partition coefficient (Wildman–Crippen LogP) is 3.39. The fourth-order valence-corrected chi connectivity index (χ4v) is 2.86. The van der Waals surface area contributed by atoms with Gasteiger partial charge in [-0.2, -0.15) is 0 Å². The molecule has 0 spiro atoms. The van der Waals surface area contributed by atoms with Crippen LogP contribution in [0.5, 0.6) is 0 Å². The van der Waals surface area contributed by atoms with Crippen LogP contribution in [0.2, 0.25) is 0 Å². The molecule has 0 N–H and O–H groups in total. The topological polar surface area (TPSA) is 57.0 Å². The highest BCUT2D eigenvalue weighted by molar-refractivity contribution is 5.88. The van der Waals surface area contributed by atoms with Crippen molar-refractivity contribution in [3.05, 3.63) is 11.4 Å². The number of ether oxygens (including phenoxy) is 1. The smallest absolute Gasteiger partial charge is 0.361 e. The minimum Gasteiger partial charge on any atom is -0.461 e. The standard InChI is InChI=1S/C14H21F2N3O2/c1-4-21-14(20)11-12(13(15)16)19(18-17-11)10-6-5-8(2)9(3)7-10/h8-10,13H,4-7H2,1-3H3. The molecule has 3 atom stereocenters. The van der Waals surface area contributed by atoms with Crippen LogP contribution in [0.4, 0.5) is 8.78 Å². The normalized spacial score (nSPS) is 26.1. The molecule has 0 bridgehead atoms. The van der Waals surface area contributed by atoms with Crippen molar-refractivity contribution < 1.29 is 18.3 Å². The van der Waals surface area contributed by atoms with Crippen LogP contribution < -0.4 is 0 Å². The maximum atomic E-state index is 13.3. The minimum atomic E-state index is -2.80. The van der Waals surface area contributed by atoms with Gasteiger partial charge in [-0.05, 0) is 38.0 Å². The summed E-state index contributed by atoms with van der Waals surface area (Å²) in [7, 11) is 0. The quantitative estimate of drug-likeness (QED) is 0.800. The SMILES string of the molecule is CCOC(=O)c1nnn(C2CCC(C)C(C)C2)c1C(F)F. The summed E-state index contributed by atoms with van der Waals surface area (Å²) >= 11 is 0. The lowest BCUT2D eigenvalue weighted by Gasteiger charge is -2.32. The molecule has 2 rings (SSSR count). The zero-order chi connectivity index (χ0) is 15.6. The second kappa shape index (κ2) is 6.49. The Balaban J connectivity index is 2.30. The Morgan fingerprint density at radius 3 is 2.67 bits per heavy atom. The van der Waals surface area contributed by atoms with E-state index in [0.29, 0.717) is 11.8 Å². The van der Waals surface area contributed by atoms with Gasteiger partial charge in [-0.15, -0.1) is 5.10 Å². The summed E-state index contributed by atoms with van der Waals surface area (Å²) in [4.78, 5) is 11.7. The van der Waals surface area contributed by atoms with Crippen molar-refractivity contribution in [1.29, 1.82) is 0 Å². The van der Waals surface area contributed by atoms with Crippen LogP contribution in [0.25, 0.3) is 0 Å². The van der Waals surface area contributed by atoms with Crippen molar-refractivity contribution in [3.8, 4) is 0 Å². The van der Waals surface area contributed by atoms with Crippen LogP contribution >= 0.6 is 0 Å². The molecule has 0 aromatic carbocycles. The Labute approximate surface area is 122 Å². The van der Waals surface area contributed by atoms with Crippen LogP contribution in [0.3, 0.4) is 0 Å². The lowest BCUT2D eigenvalue weighted by atomic mass is 9.79. The summed E-state index contributed by atoms with van der Waals surface area (Å²) in [5.74, 6) is 0.171. The average molecular weight is 301 g/mol. The molecule has 118 valence electrons. The minimum absolute atomic E-state index is 0.117. The van der Waals surface area contributed by atoms with Gasteiger partial charge >= 0.3 is 5.97 Å². The molecule has 0 radical (unpaired) electrons. The Morgan fingerprint density at radius 2 is 2.10 bits per heavy atom. The summed E-state index contributed by atoms with van der Waals surface area (Å²) in [6.45, 7) is 6.02.